The van der Waals surface area contributed by atoms with Crippen LogP contribution in [0.4, 0.5) is 15.9 Å². The quantitative estimate of drug-likeness (QED) is 0.367. The van der Waals surface area contributed by atoms with Gasteiger partial charge in [-0.15, -0.1) is 0 Å². The van der Waals surface area contributed by atoms with Gasteiger partial charge >= 0.3 is 0 Å². The monoisotopic (exact) mass is 538 g/mol. The molecule has 2 aromatic carbocycles. The summed E-state index contributed by atoms with van der Waals surface area (Å²) in [7, 11) is 0. The number of nitrogens with two attached hydrogens (primary N) is 1. The minimum absolute atomic E-state index is 0.0944. The van der Waals surface area contributed by atoms with Crippen molar-refractivity contribution in [3.63, 3.8) is 0 Å². The Morgan fingerprint density at radius 3 is 2.39 bits per heavy atom. The van der Waals surface area contributed by atoms with Crippen molar-refractivity contribution < 1.29 is 23.5 Å². The van der Waals surface area contributed by atoms with Gasteiger partial charge in [0, 0.05) is 24.6 Å². The summed E-state index contributed by atoms with van der Waals surface area (Å²) >= 11 is 5.84. The van der Waals surface area contributed by atoms with E-state index in [2.05, 4.69) is 15.6 Å². The Kier molecular flexibility index (Phi) is 8.08. The number of nitrogens with zero attached hydrogens (tertiary/aromatic N) is 1. The molecule has 0 spiro atoms. The number of benzene rings is 2. The number of pyridine rings is 1. The van der Waals surface area contributed by atoms with Crippen LogP contribution in [0.2, 0.25) is 5.02 Å². The Labute approximate surface area is 224 Å². The van der Waals surface area contributed by atoms with Crippen LogP contribution in [0.5, 0.6) is 5.75 Å². The van der Waals surface area contributed by atoms with E-state index in [4.69, 9.17) is 22.1 Å². The van der Waals surface area contributed by atoms with Crippen LogP contribution in [0, 0.1) is 5.82 Å². The molecular formula is C28H28ClFN4O4. The second-order valence-electron chi connectivity index (χ2n) is 9.75. The summed E-state index contributed by atoms with van der Waals surface area (Å²) in [5.41, 5.74) is 6.56. The lowest BCUT2D eigenvalue weighted by Crippen LogP contribution is -2.30. The van der Waals surface area contributed by atoms with Crippen molar-refractivity contribution in [1.29, 1.82) is 0 Å². The normalized spacial score (nSPS) is 14.2. The largest absolute Gasteiger partial charge is 0.490 e. The van der Waals surface area contributed by atoms with Gasteiger partial charge in [0.15, 0.2) is 0 Å². The molecule has 1 aliphatic carbocycles. The van der Waals surface area contributed by atoms with Crippen LogP contribution in [0.15, 0.2) is 54.7 Å². The summed E-state index contributed by atoms with van der Waals surface area (Å²) in [5, 5.41) is 5.66. The number of hydrogen-bond acceptors (Lipinski definition) is 6. The molecule has 1 aliphatic rings. The number of carbonyl (C=O) groups excluding carboxylic acids is 3. The third kappa shape index (κ3) is 6.73. The average Bonchev–Trinajstić information content (AvgIpc) is 2.87. The Morgan fingerprint density at radius 1 is 1.03 bits per heavy atom. The van der Waals surface area contributed by atoms with Gasteiger partial charge in [0.25, 0.3) is 11.8 Å². The van der Waals surface area contributed by atoms with E-state index in [1.807, 2.05) is 13.8 Å². The smallest absolute Gasteiger partial charge is 0.259 e. The standard InChI is InChI=1S/C28H28ClFN4O4/c1-28(2,31)16-3-10-21(24(13-16)38-20-8-6-19(35)7-9-20)26(36)33-23-11-5-18(30)14-22(23)27(37)34-25-12-4-17(29)15-32-25/h3-5,10-15,20H,6-9,31H2,1-2H3,(H,33,36)(H,32,34,37). The second-order valence-corrected chi connectivity index (χ2v) is 10.2. The fraction of sp³-hybridized carbons (Fsp3) is 0.286. The zero-order chi connectivity index (χ0) is 27.4. The van der Waals surface area contributed by atoms with Gasteiger partial charge in [-0.3, -0.25) is 14.4 Å². The van der Waals surface area contributed by atoms with Gasteiger partial charge in [-0.2, -0.15) is 0 Å². The molecule has 198 valence electrons. The maximum absolute atomic E-state index is 14.1. The first-order valence-electron chi connectivity index (χ1n) is 12.1. The third-order valence-electron chi connectivity index (χ3n) is 6.20. The van der Waals surface area contributed by atoms with Crippen molar-refractivity contribution in [2.24, 2.45) is 5.73 Å². The lowest BCUT2D eigenvalue weighted by atomic mass is 9.93. The predicted octanol–water partition coefficient (Wildman–Crippen LogP) is 5.46. The second kappa shape index (κ2) is 11.3. The van der Waals surface area contributed by atoms with Gasteiger partial charge in [0.05, 0.1) is 27.9 Å². The van der Waals surface area contributed by atoms with Crippen molar-refractivity contribution in [3.05, 3.63) is 82.3 Å². The SMILES string of the molecule is CC(C)(N)c1ccc(C(=O)Nc2ccc(F)cc2C(=O)Nc2ccc(Cl)cn2)c(OC2CCC(=O)CC2)c1. The number of rotatable bonds is 7. The molecule has 10 heteroatoms. The summed E-state index contributed by atoms with van der Waals surface area (Å²) in [6.45, 7) is 3.67. The fourth-order valence-electron chi connectivity index (χ4n) is 4.06. The number of nitrogens with one attached hydrogen (secondary N) is 2. The minimum atomic E-state index is -0.687. The Balaban J connectivity index is 1.61. The molecule has 8 nitrogen and oxygen atoms in total. The fourth-order valence-corrected chi connectivity index (χ4v) is 4.17. The summed E-state index contributed by atoms with van der Waals surface area (Å²) in [5.74, 6) is -1.16. The maximum atomic E-state index is 14.1. The van der Waals surface area contributed by atoms with Crippen molar-refractivity contribution in [3.8, 4) is 5.75 Å². The molecule has 0 atom stereocenters. The number of halogens is 2. The van der Waals surface area contributed by atoms with Crippen molar-refractivity contribution in [2.45, 2.75) is 51.2 Å². The number of hydrogen-bond donors (Lipinski definition) is 3. The lowest BCUT2D eigenvalue weighted by Gasteiger charge is -2.26. The number of aromatic nitrogens is 1. The summed E-state index contributed by atoms with van der Waals surface area (Å²) in [6.07, 6.45) is 3.08. The molecule has 0 unspecified atom stereocenters. The van der Waals surface area contributed by atoms with Gasteiger partial charge in [-0.1, -0.05) is 17.7 Å². The highest BCUT2D eigenvalue weighted by molar-refractivity contribution is 6.30. The molecule has 0 bridgehead atoms. The molecule has 38 heavy (non-hydrogen) atoms. The van der Waals surface area contributed by atoms with E-state index >= 15 is 0 Å². The number of ether oxygens (including phenoxy) is 1. The van der Waals surface area contributed by atoms with E-state index in [0.717, 1.165) is 17.7 Å². The molecule has 1 heterocycles. The summed E-state index contributed by atoms with van der Waals surface area (Å²) in [6, 6.07) is 11.6. The molecule has 1 saturated carbocycles. The average molecular weight is 539 g/mol. The first-order chi connectivity index (χ1) is 18.0. The maximum Gasteiger partial charge on any atom is 0.259 e. The van der Waals surface area contributed by atoms with Crippen LogP contribution < -0.4 is 21.1 Å². The highest BCUT2D eigenvalue weighted by Crippen LogP contribution is 2.31. The van der Waals surface area contributed by atoms with Crippen LogP contribution in [0.3, 0.4) is 0 Å². The highest BCUT2D eigenvalue weighted by Gasteiger charge is 2.25. The molecule has 1 aromatic heterocycles. The molecule has 1 fully saturated rings. The molecule has 4 N–H and O–H groups in total. The minimum Gasteiger partial charge on any atom is -0.490 e. The van der Waals surface area contributed by atoms with Crippen molar-refractivity contribution >= 4 is 40.7 Å². The van der Waals surface area contributed by atoms with Crippen molar-refractivity contribution in [2.75, 3.05) is 10.6 Å². The molecular weight excluding hydrogens is 511 g/mol. The van der Waals surface area contributed by atoms with Gasteiger partial charge in [0.1, 0.15) is 23.2 Å². The topological polar surface area (TPSA) is 123 Å². The first-order valence-corrected chi connectivity index (χ1v) is 12.5. The number of ketones is 1. The molecule has 3 aromatic rings. The molecule has 0 radical (unpaired) electrons. The van der Waals surface area contributed by atoms with E-state index < -0.39 is 23.2 Å². The summed E-state index contributed by atoms with van der Waals surface area (Å²) in [4.78, 5) is 42.0. The number of Topliss-reactive ketones (excluding diaryl/α,β-unsaturated/α-hetero) is 1. The first kappa shape index (κ1) is 27.2. The van der Waals surface area contributed by atoms with Gasteiger partial charge < -0.3 is 21.1 Å². The summed E-state index contributed by atoms with van der Waals surface area (Å²) < 4.78 is 20.3. The van der Waals surface area contributed by atoms with Crippen LogP contribution in [-0.4, -0.2) is 28.7 Å². The van der Waals surface area contributed by atoms with Gasteiger partial charge in [-0.05, 0) is 74.7 Å². The Bertz CT molecular complexity index is 1360. The van der Waals surface area contributed by atoms with Crippen LogP contribution in [-0.2, 0) is 10.3 Å². The number of anilines is 2. The molecule has 0 saturated heterocycles. The Morgan fingerprint density at radius 2 is 1.74 bits per heavy atom. The highest BCUT2D eigenvalue weighted by atomic mass is 35.5. The molecule has 0 aliphatic heterocycles. The third-order valence-corrected chi connectivity index (χ3v) is 6.42. The van der Waals surface area contributed by atoms with Crippen molar-refractivity contribution in [1.82, 2.24) is 4.98 Å². The van der Waals surface area contributed by atoms with E-state index in [9.17, 15) is 18.8 Å². The zero-order valence-corrected chi connectivity index (χ0v) is 21.8. The van der Waals surface area contributed by atoms with E-state index in [1.165, 1.54) is 18.3 Å². The Hall–Kier alpha value is -3.82. The number of amides is 2. The van der Waals surface area contributed by atoms with E-state index in [-0.39, 0.29) is 34.5 Å². The van der Waals surface area contributed by atoms with E-state index in [0.29, 0.717) is 36.5 Å². The molecule has 2 amide bonds. The number of carbonyl (C=O) groups is 3. The van der Waals surface area contributed by atoms with E-state index in [1.54, 1.807) is 24.3 Å². The van der Waals surface area contributed by atoms with Gasteiger partial charge in [0.2, 0.25) is 0 Å². The predicted molar refractivity (Wildman–Crippen MR) is 143 cm³/mol. The lowest BCUT2D eigenvalue weighted by molar-refractivity contribution is -0.121. The van der Waals surface area contributed by atoms with Crippen LogP contribution >= 0.6 is 11.6 Å². The molecule has 4 rings (SSSR count). The van der Waals surface area contributed by atoms with Gasteiger partial charge in [-0.25, -0.2) is 9.37 Å². The van der Waals surface area contributed by atoms with Crippen LogP contribution in [0.1, 0.15) is 65.8 Å². The van der Waals surface area contributed by atoms with Crippen LogP contribution in [0.25, 0.3) is 0 Å². The zero-order valence-electron chi connectivity index (χ0n) is 21.0.